The maximum absolute atomic E-state index is 13.0. The smallest absolute Gasteiger partial charge is 0.303 e. The Kier molecular flexibility index (Phi) is 4.64. The number of aldehydes is 1. The molecule has 1 aromatic carbocycles. The fourth-order valence-corrected chi connectivity index (χ4v) is 3.79. The Morgan fingerprint density at radius 1 is 1.14 bits per heavy atom. The van der Waals surface area contributed by atoms with Crippen LogP contribution in [0.2, 0.25) is 0 Å². The van der Waals surface area contributed by atoms with E-state index >= 15 is 0 Å². The third-order valence-corrected chi connectivity index (χ3v) is 5.38. The van der Waals surface area contributed by atoms with Gasteiger partial charge in [-0.05, 0) is 50.3 Å². The van der Waals surface area contributed by atoms with Gasteiger partial charge in [-0.2, -0.15) is 18.3 Å². The Hall–Kier alpha value is -2.77. The van der Waals surface area contributed by atoms with Gasteiger partial charge < -0.3 is 4.79 Å². The van der Waals surface area contributed by atoms with E-state index in [4.69, 9.17) is 0 Å². The van der Waals surface area contributed by atoms with Crippen LogP contribution in [0.5, 0.6) is 0 Å². The molecule has 4 rings (SSSR count). The molecule has 0 spiro atoms. The second kappa shape index (κ2) is 7.00. The van der Waals surface area contributed by atoms with E-state index in [1.54, 1.807) is 0 Å². The van der Waals surface area contributed by atoms with Gasteiger partial charge in [0.15, 0.2) is 5.69 Å². The van der Waals surface area contributed by atoms with Crippen LogP contribution in [0.1, 0.15) is 43.0 Å². The number of carbonyl (C=O) groups excluding carboxylic acids is 1. The number of benzene rings is 1. The highest BCUT2D eigenvalue weighted by Crippen LogP contribution is 2.34. The molecule has 0 aliphatic heterocycles. The lowest BCUT2D eigenvalue weighted by Gasteiger charge is -2.25. The molecular weight excluding hydrogens is 369 g/mol. The van der Waals surface area contributed by atoms with Crippen molar-refractivity contribution >= 4 is 17.2 Å². The SMILES string of the molecule is Cc1cc2nn(C3CCC(C=O)CC3)cc2cc1-c1cncc(C(F)(F)F)n1. The second-order valence-corrected chi connectivity index (χ2v) is 7.33. The van der Waals surface area contributed by atoms with Crippen LogP contribution in [0.25, 0.3) is 22.2 Å². The van der Waals surface area contributed by atoms with Crippen molar-refractivity contribution in [2.24, 2.45) is 5.92 Å². The van der Waals surface area contributed by atoms with Crippen molar-refractivity contribution in [1.82, 2.24) is 19.7 Å². The summed E-state index contributed by atoms with van der Waals surface area (Å²) >= 11 is 0. The van der Waals surface area contributed by atoms with Crippen LogP contribution < -0.4 is 0 Å². The molecule has 0 N–H and O–H groups in total. The van der Waals surface area contributed by atoms with Crippen LogP contribution in [-0.2, 0) is 11.0 Å². The Morgan fingerprint density at radius 2 is 1.89 bits per heavy atom. The molecule has 5 nitrogen and oxygen atoms in total. The molecule has 0 radical (unpaired) electrons. The summed E-state index contributed by atoms with van der Waals surface area (Å²) in [7, 11) is 0. The van der Waals surface area contributed by atoms with Crippen molar-refractivity contribution in [3.8, 4) is 11.3 Å². The normalized spacial score (nSPS) is 20.4. The van der Waals surface area contributed by atoms with Gasteiger partial charge in [0.2, 0.25) is 0 Å². The van der Waals surface area contributed by atoms with Gasteiger partial charge in [0.25, 0.3) is 0 Å². The summed E-state index contributed by atoms with van der Waals surface area (Å²) in [6, 6.07) is 3.91. The summed E-state index contributed by atoms with van der Waals surface area (Å²) in [6.07, 6.45) is 3.98. The fraction of sp³-hybridized carbons (Fsp3) is 0.400. The minimum atomic E-state index is -4.54. The van der Waals surface area contributed by atoms with Gasteiger partial charge in [-0.15, -0.1) is 0 Å². The zero-order valence-corrected chi connectivity index (χ0v) is 15.3. The average Bonchev–Trinajstić information content (AvgIpc) is 3.09. The minimum Gasteiger partial charge on any atom is -0.303 e. The van der Waals surface area contributed by atoms with Crippen molar-refractivity contribution in [3.63, 3.8) is 0 Å². The van der Waals surface area contributed by atoms with Crippen molar-refractivity contribution in [2.45, 2.75) is 44.8 Å². The van der Waals surface area contributed by atoms with E-state index in [2.05, 4.69) is 15.1 Å². The van der Waals surface area contributed by atoms with Gasteiger partial charge in [-0.25, -0.2) is 4.98 Å². The van der Waals surface area contributed by atoms with Crippen molar-refractivity contribution in [1.29, 1.82) is 0 Å². The van der Waals surface area contributed by atoms with Gasteiger partial charge in [0, 0.05) is 23.1 Å². The van der Waals surface area contributed by atoms with Gasteiger partial charge in [-0.1, -0.05) is 0 Å². The van der Waals surface area contributed by atoms with Crippen LogP contribution in [0, 0.1) is 12.8 Å². The maximum atomic E-state index is 13.0. The molecule has 1 aliphatic rings. The highest BCUT2D eigenvalue weighted by molar-refractivity contribution is 5.85. The molecule has 1 saturated carbocycles. The Bertz CT molecular complexity index is 1020. The van der Waals surface area contributed by atoms with Crippen molar-refractivity contribution in [3.05, 3.63) is 42.0 Å². The summed E-state index contributed by atoms with van der Waals surface area (Å²) in [4.78, 5) is 18.4. The third kappa shape index (κ3) is 3.50. The van der Waals surface area contributed by atoms with Gasteiger partial charge in [-0.3, -0.25) is 9.67 Å². The van der Waals surface area contributed by atoms with Crippen LogP contribution in [0.3, 0.4) is 0 Å². The van der Waals surface area contributed by atoms with E-state index in [1.165, 1.54) is 6.20 Å². The monoisotopic (exact) mass is 388 g/mol. The van der Waals surface area contributed by atoms with E-state index in [9.17, 15) is 18.0 Å². The summed E-state index contributed by atoms with van der Waals surface area (Å²) in [6.45, 7) is 1.82. The summed E-state index contributed by atoms with van der Waals surface area (Å²) < 4.78 is 40.8. The first-order valence-corrected chi connectivity index (χ1v) is 9.19. The lowest BCUT2D eigenvalue weighted by Crippen LogP contribution is -2.19. The number of aryl methyl sites for hydroxylation is 1. The number of fused-ring (bicyclic) bond motifs is 1. The van der Waals surface area contributed by atoms with Crippen molar-refractivity contribution in [2.75, 3.05) is 0 Å². The van der Waals surface area contributed by atoms with Gasteiger partial charge >= 0.3 is 6.18 Å². The van der Waals surface area contributed by atoms with Crippen molar-refractivity contribution < 1.29 is 18.0 Å². The van der Waals surface area contributed by atoms with Gasteiger partial charge in [0.1, 0.15) is 6.29 Å². The predicted octanol–water partition coefficient (Wildman–Crippen LogP) is 4.75. The topological polar surface area (TPSA) is 60.7 Å². The molecule has 146 valence electrons. The van der Waals surface area contributed by atoms with E-state index in [-0.39, 0.29) is 17.7 Å². The Morgan fingerprint density at radius 3 is 2.57 bits per heavy atom. The van der Waals surface area contributed by atoms with E-state index in [0.717, 1.165) is 54.6 Å². The van der Waals surface area contributed by atoms with Crippen LogP contribution in [0.15, 0.2) is 30.7 Å². The number of carbonyl (C=O) groups is 1. The molecule has 0 saturated heterocycles. The molecule has 1 fully saturated rings. The van der Waals surface area contributed by atoms with Gasteiger partial charge in [0.05, 0.1) is 29.6 Å². The standard InChI is InChI=1S/C20H19F3N4O/c1-12-6-17-14(10-27(26-17)15-4-2-13(11-28)3-5-15)7-16(12)18-8-24-9-19(25-18)20(21,22)23/h6-11,13,15H,2-5H2,1H3. The number of halogens is 3. The van der Waals surface area contributed by atoms with E-state index in [1.807, 2.05) is 29.9 Å². The molecule has 1 aliphatic carbocycles. The second-order valence-electron chi connectivity index (χ2n) is 7.33. The zero-order chi connectivity index (χ0) is 19.9. The quantitative estimate of drug-likeness (QED) is 0.608. The average molecular weight is 388 g/mol. The lowest BCUT2D eigenvalue weighted by atomic mass is 9.87. The number of nitrogens with zero attached hydrogens (tertiary/aromatic N) is 4. The van der Waals surface area contributed by atoms with Crippen LogP contribution >= 0.6 is 0 Å². The molecule has 0 atom stereocenters. The molecule has 3 aromatic rings. The largest absolute Gasteiger partial charge is 0.434 e. The molecule has 0 amide bonds. The van der Waals surface area contributed by atoms with Crippen LogP contribution in [0.4, 0.5) is 13.2 Å². The number of hydrogen-bond acceptors (Lipinski definition) is 4. The third-order valence-electron chi connectivity index (χ3n) is 5.38. The molecule has 0 bridgehead atoms. The molecular formula is C20H19F3N4O. The molecule has 8 heteroatoms. The van der Waals surface area contributed by atoms with E-state index < -0.39 is 11.9 Å². The summed E-state index contributed by atoms with van der Waals surface area (Å²) in [5.41, 5.74) is 1.37. The lowest BCUT2D eigenvalue weighted by molar-refractivity contribution is -0.141. The first kappa shape index (κ1) is 18.6. The number of aromatic nitrogens is 4. The Balaban J connectivity index is 1.68. The van der Waals surface area contributed by atoms with E-state index in [0.29, 0.717) is 5.56 Å². The molecule has 2 aromatic heterocycles. The predicted molar refractivity (Wildman–Crippen MR) is 97.6 cm³/mol. The Labute approximate surface area is 159 Å². The summed E-state index contributed by atoms with van der Waals surface area (Å²) in [5.74, 6) is 0.134. The molecule has 2 heterocycles. The maximum Gasteiger partial charge on any atom is 0.434 e. The first-order valence-electron chi connectivity index (χ1n) is 9.19. The highest BCUT2D eigenvalue weighted by Gasteiger charge is 2.33. The summed E-state index contributed by atoms with van der Waals surface area (Å²) in [5, 5.41) is 5.50. The first-order chi connectivity index (χ1) is 13.3. The molecule has 0 unspecified atom stereocenters. The fourth-order valence-electron chi connectivity index (χ4n) is 3.79. The minimum absolute atomic E-state index is 0.134. The zero-order valence-electron chi connectivity index (χ0n) is 15.3. The van der Waals surface area contributed by atoms with Crippen LogP contribution in [-0.4, -0.2) is 26.0 Å². The number of hydrogen-bond donors (Lipinski definition) is 0. The molecule has 28 heavy (non-hydrogen) atoms. The number of rotatable bonds is 3. The number of alkyl halides is 3. The highest BCUT2D eigenvalue weighted by atomic mass is 19.4.